The van der Waals surface area contributed by atoms with E-state index in [0.717, 1.165) is 16.7 Å². The lowest BCUT2D eigenvalue weighted by molar-refractivity contribution is -0.136. The van der Waals surface area contributed by atoms with Crippen LogP contribution in [0.15, 0.2) is 89.2 Å². The number of benzene rings is 3. The summed E-state index contributed by atoms with van der Waals surface area (Å²) in [4.78, 5) is 17.5. The number of nitrogens with zero attached hydrogens (tertiary/aromatic N) is 3. The first-order valence-electron chi connectivity index (χ1n) is 11.8. The second kappa shape index (κ2) is 11.5. The summed E-state index contributed by atoms with van der Waals surface area (Å²) in [5.74, 6) is 1.39. The molecule has 194 valence electrons. The van der Waals surface area contributed by atoms with Crippen molar-refractivity contribution in [3.05, 3.63) is 111 Å². The van der Waals surface area contributed by atoms with E-state index in [4.69, 9.17) is 37.8 Å². The fraction of sp³-hybridized carbons (Fsp3) is 0.179. The third-order valence-electron chi connectivity index (χ3n) is 6.10. The molecule has 0 fully saturated rings. The molecule has 2 heterocycles. The molecule has 0 aliphatic carbocycles. The highest BCUT2D eigenvalue weighted by Gasteiger charge is 2.35. The number of esters is 1. The van der Waals surface area contributed by atoms with Crippen molar-refractivity contribution in [1.29, 1.82) is 0 Å². The molecule has 0 saturated carbocycles. The predicted octanol–water partition coefficient (Wildman–Crippen LogP) is 6.92. The number of methoxy groups -OCH3 is 1. The maximum atomic E-state index is 12.8. The van der Waals surface area contributed by atoms with Gasteiger partial charge in [0, 0.05) is 27.1 Å². The van der Waals surface area contributed by atoms with Crippen LogP contribution in [0.25, 0.3) is 0 Å². The fourth-order valence-corrected chi connectivity index (χ4v) is 5.46. The van der Waals surface area contributed by atoms with E-state index in [2.05, 4.69) is 10.3 Å². The zero-order valence-electron chi connectivity index (χ0n) is 20.7. The van der Waals surface area contributed by atoms with Crippen LogP contribution in [0.4, 0.5) is 5.95 Å². The fourth-order valence-electron chi connectivity index (χ4n) is 4.16. The summed E-state index contributed by atoms with van der Waals surface area (Å²) in [6.07, 6.45) is 0. The molecule has 0 spiro atoms. The number of thioether (sulfide) groups is 1. The third-order valence-corrected chi connectivity index (χ3v) is 7.73. The van der Waals surface area contributed by atoms with Crippen LogP contribution in [0.2, 0.25) is 10.0 Å². The maximum absolute atomic E-state index is 12.8. The predicted molar refractivity (Wildman–Crippen MR) is 150 cm³/mol. The van der Waals surface area contributed by atoms with Crippen LogP contribution in [0, 0.1) is 0 Å². The topological polar surface area (TPSA) is 78.3 Å². The molecule has 7 nitrogen and oxygen atoms in total. The van der Waals surface area contributed by atoms with Crippen LogP contribution >= 0.6 is 35.0 Å². The number of hydrogen-bond donors (Lipinski definition) is 1. The molecular formula is C28H24Cl2N4O3S. The summed E-state index contributed by atoms with van der Waals surface area (Å²) < 4.78 is 12.8. The van der Waals surface area contributed by atoms with Gasteiger partial charge in [0.05, 0.1) is 12.7 Å². The number of ether oxygens (including phenoxy) is 2. The van der Waals surface area contributed by atoms with Gasteiger partial charge in [-0.05, 0) is 42.3 Å². The zero-order chi connectivity index (χ0) is 26.6. The standard InChI is InChI=1S/C28H24Cl2N4O3S/c1-17-24(26(35)36-2)25(18-11-13-21(14-12-18)37-15-19-7-3-5-9-22(19)29)34-27(31-17)32-28(33-34)38-16-20-8-4-6-10-23(20)30/h3-14,25H,15-16H2,1-2H3,(H,31,32,33). The summed E-state index contributed by atoms with van der Waals surface area (Å²) in [7, 11) is 1.37. The van der Waals surface area contributed by atoms with Crippen LogP contribution < -0.4 is 10.1 Å². The molecule has 38 heavy (non-hydrogen) atoms. The van der Waals surface area contributed by atoms with Crippen LogP contribution in [0.1, 0.15) is 29.7 Å². The molecule has 3 aromatic carbocycles. The van der Waals surface area contributed by atoms with Crippen molar-refractivity contribution in [1.82, 2.24) is 14.8 Å². The van der Waals surface area contributed by atoms with E-state index in [9.17, 15) is 4.79 Å². The first kappa shape index (κ1) is 26.2. The first-order chi connectivity index (χ1) is 18.4. The average Bonchev–Trinajstić information content (AvgIpc) is 3.33. The van der Waals surface area contributed by atoms with E-state index in [1.807, 2.05) is 79.7 Å². The molecule has 1 atom stereocenters. The molecule has 0 bridgehead atoms. The number of rotatable bonds is 8. The number of anilines is 1. The zero-order valence-corrected chi connectivity index (χ0v) is 23.0. The second-order valence-corrected chi connectivity index (χ2v) is 10.3. The van der Waals surface area contributed by atoms with Crippen molar-refractivity contribution in [2.24, 2.45) is 0 Å². The second-order valence-electron chi connectivity index (χ2n) is 8.55. The lowest BCUT2D eigenvalue weighted by Crippen LogP contribution is -2.29. The molecule has 0 radical (unpaired) electrons. The summed E-state index contributed by atoms with van der Waals surface area (Å²) in [6.45, 7) is 2.17. The maximum Gasteiger partial charge on any atom is 0.338 e. The SMILES string of the molecule is COC(=O)C1=C(C)Nc2nc(SCc3ccccc3Cl)nn2C1c1ccc(OCc2ccccc2Cl)cc1. The van der Waals surface area contributed by atoms with Gasteiger partial charge in [-0.1, -0.05) is 83.5 Å². The van der Waals surface area contributed by atoms with Gasteiger partial charge in [-0.15, -0.1) is 5.10 Å². The van der Waals surface area contributed by atoms with E-state index in [1.54, 1.807) is 4.68 Å². The molecule has 1 N–H and O–H groups in total. The highest BCUT2D eigenvalue weighted by molar-refractivity contribution is 7.98. The Labute approximate surface area is 234 Å². The number of carbonyl (C=O) groups excluding carboxylic acids is 1. The van der Waals surface area contributed by atoms with Crippen molar-refractivity contribution in [3.8, 4) is 5.75 Å². The molecule has 0 amide bonds. The number of hydrogen-bond acceptors (Lipinski definition) is 7. The van der Waals surface area contributed by atoms with E-state index in [1.165, 1.54) is 18.9 Å². The number of carbonyl (C=O) groups is 1. The summed E-state index contributed by atoms with van der Waals surface area (Å²) >= 11 is 14.0. The lowest BCUT2D eigenvalue weighted by Gasteiger charge is -2.27. The van der Waals surface area contributed by atoms with Crippen molar-refractivity contribution < 1.29 is 14.3 Å². The van der Waals surface area contributed by atoms with Crippen molar-refractivity contribution >= 4 is 46.9 Å². The first-order valence-corrected chi connectivity index (χ1v) is 13.5. The summed E-state index contributed by atoms with van der Waals surface area (Å²) in [6, 6.07) is 22.3. The van der Waals surface area contributed by atoms with Crippen molar-refractivity contribution in [2.75, 3.05) is 12.4 Å². The molecule has 10 heteroatoms. The number of nitrogens with one attached hydrogen (secondary N) is 1. The molecule has 1 aromatic heterocycles. The Hall–Kier alpha value is -3.46. The quantitative estimate of drug-likeness (QED) is 0.183. The molecule has 5 rings (SSSR count). The normalized spacial score (nSPS) is 14.6. The minimum absolute atomic E-state index is 0.345. The molecule has 0 saturated heterocycles. The monoisotopic (exact) mass is 566 g/mol. The molecule has 1 unspecified atom stereocenters. The van der Waals surface area contributed by atoms with Gasteiger partial charge in [0.1, 0.15) is 18.4 Å². The largest absolute Gasteiger partial charge is 0.489 e. The van der Waals surface area contributed by atoms with E-state index < -0.39 is 12.0 Å². The van der Waals surface area contributed by atoms with Gasteiger partial charge in [0.2, 0.25) is 11.1 Å². The summed E-state index contributed by atoms with van der Waals surface area (Å²) in [5.41, 5.74) is 3.84. The Morgan fingerprint density at radius 3 is 2.32 bits per heavy atom. The minimum atomic E-state index is -0.529. The van der Waals surface area contributed by atoms with E-state index in [0.29, 0.717) is 50.5 Å². The van der Waals surface area contributed by atoms with Gasteiger partial charge in [-0.2, -0.15) is 4.98 Å². The van der Waals surface area contributed by atoms with E-state index in [-0.39, 0.29) is 0 Å². The molecule has 4 aromatic rings. The van der Waals surface area contributed by atoms with Crippen LogP contribution in [-0.4, -0.2) is 27.8 Å². The Bertz CT molecular complexity index is 1500. The van der Waals surface area contributed by atoms with Crippen molar-refractivity contribution in [3.63, 3.8) is 0 Å². The van der Waals surface area contributed by atoms with Gasteiger partial charge < -0.3 is 14.8 Å². The number of fused-ring (bicyclic) bond motifs is 1. The van der Waals surface area contributed by atoms with E-state index >= 15 is 0 Å². The van der Waals surface area contributed by atoms with Crippen LogP contribution in [-0.2, 0) is 21.9 Å². The average molecular weight is 567 g/mol. The molecule has 1 aliphatic heterocycles. The smallest absolute Gasteiger partial charge is 0.338 e. The van der Waals surface area contributed by atoms with Gasteiger partial charge in [-0.3, -0.25) is 0 Å². The molecular weight excluding hydrogens is 543 g/mol. The lowest BCUT2D eigenvalue weighted by atomic mass is 9.96. The van der Waals surface area contributed by atoms with Crippen molar-refractivity contribution in [2.45, 2.75) is 30.5 Å². The minimum Gasteiger partial charge on any atom is -0.489 e. The van der Waals surface area contributed by atoms with Crippen LogP contribution in [0.5, 0.6) is 5.75 Å². The van der Waals surface area contributed by atoms with Gasteiger partial charge >= 0.3 is 5.97 Å². The number of allylic oxidation sites excluding steroid dienone is 1. The van der Waals surface area contributed by atoms with Gasteiger partial charge in [0.15, 0.2) is 0 Å². The Kier molecular flexibility index (Phi) is 7.93. The Morgan fingerprint density at radius 2 is 1.66 bits per heavy atom. The van der Waals surface area contributed by atoms with Gasteiger partial charge in [-0.25, -0.2) is 9.48 Å². The van der Waals surface area contributed by atoms with Crippen LogP contribution in [0.3, 0.4) is 0 Å². The Morgan fingerprint density at radius 1 is 1.00 bits per heavy atom. The highest BCUT2D eigenvalue weighted by Crippen LogP contribution is 2.37. The number of aromatic nitrogens is 3. The molecule has 1 aliphatic rings. The third kappa shape index (κ3) is 5.53. The van der Waals surface area contributed by atoms with Gasteiger partial charge in [0.25, 0.3) is 0 Å². The number of halogens is 2. The summed E-state index contributed by atoms with van der Waals surface area (Å²) in [5, 5.41) is 9.86. The highest BCUT2D eigenvalue weighted by atomic mass is 35.5. The Balaban J connectivity index is 1.41.